The van der Waals surface area contributed by atoms with Gasteiger partial charge in [0.15, 0.2) is 6.10 Å². The van der Waals surface area contributed by atoms with Crippen molar-refractivity contribution in [2.45, 2.75) is 18.9 Å². The summed E-state index contributed by atoms with van der Waals surface area (Å²) >= 11 is 0. The van der Waals surface area contributed by atoms with Gasteiger partial charge in [-0.3, -0.25) is 0 Å². The van der Waals surface area contributed by atoms with Crippen LogP contribution in [0.4, 0.5) is 11.6 Å². The molecule has 0 amide bonds. The zero-order valence-electron chi connectivity index (χ0n) is 11.5. The van der Waals surface area contributed by atoms with Crippen LogP contribution in [0.3, 0.4) is 0 Å². The summed E-state index contributed by atoms with van der Waals surface area (Å²) in [7, 11) is 5.68. The molecule has 1 unspecified atom stereocenters. The van der Waals surface area contributed by atoms with Gasteiger partial charge in [0.1, 0.15) is 19.5 Å². The standard InChI is InChI=1S/C15H15BN4O/c16-10-3-1-9(2-4-10)7-11-8-13(21-20-11)12-5-6-14(17)19-15(12)18/h1-6,13H,7-8H2,(H4,17,18,19). The highest BCUT2D eigenvalue weighted by Crippen LogP contribution is 2.31. The molecule has 3 rings (SSSR count). The Morgan fingerprint density at radius 3 is 2.62 bits per heavy atom. The van der Waals surface area contributed by atoms with E-state index in [0.29, 0.717) is 18.1 Å². The second-order valence-electron chi connectivity index (χ2n) is 5.08. The first-order valence-electron chi connectivity index (χ1n) is 6.69. The maximum absolute atomic E-state index is 5.88. The number of hydrogen-bond donors (Lipinski definition) is 2. The van der Waals surface area contributed by atoms with Gasteiger partial charge in [0.2, 0.25) is 0 Å². The average Bonchev–Trinajstić information content (AvgIpc) is 2.90. The Kier molecular flexibility index (Phi) is 3.52. The molecule has 5 nitrogen and oxygen atoms in total. The zero-order valence-corrected chi connectivity index (χ0v) is 11.5. The minimum atomic E-state index is -0.193. The van der Waals surface area contributed by atoms with Gasteiger partial charge in [0, 0.05) is 18.4 Å². The molecule has 0 bridgehead atoms. The number of pyridine rings is 1. The number of anilines is 2. The van der Waals surface area contributed by atoms with E-state index in [0.717, 1.165) is 28.7 Å². The Morgan fingerprint density at radius 1 is 1.14 bits per heavy atom. The van der Waals surface area contributed by atoms with Gasteiger partial charge < -0.3 is 16.3 Å². The van der Waals surface area contributed by atoms with Gasteiger partial charge in [0.25, 0.3) is 0 Å². The maximum atomic E-state index is 5.88. The highest BCUT2D eigenvalue weighted by molar-refractivity contribution is 6.32. The SMILES string of the molecule is [B]c1ccc(CC2=NOC(c3ccc(N)nc3N)C2)cc1. The second-order valence-corrected chi connectivity index (χ2v) is 5.08. The summed E-state index contributed by atoms with van der Waals surface area (Å²) < 4.78 is 0. The van der Waals surface area contributed by atoms with Crippen LogP contribution in [0.1, 0.15) is 23.7 Å². The number of oxime groups is 1. The van der Waals surface area contributed by atoms with Crippen LogP contribution in [0, 0.1) is 0 Å². The Labute approximate surface area is 124 Å². The van der Waals surface area contributed by atoms with Crippen molar-refractivity contribution in [3.05, 3.63) is 47.5 Å². The smallest absolute Gasteiger partial charge is 0.161 e. The molecule has 6 heteroatoms. The quantitative estimate of drug-likeness (QED) is 0.823. The number of aromatic nitrogens is 1. The van der Waals surface area contributed by atoms with Gasteiger partial charge in [-0.1, -0.05) is 34.9 Å². The van der Waals surface area contributed by atoms with E-state index < -0.39 is 0 Å². The molecule has 1 atom stereocenters. The highest BCUT2D eigenvalue weighted by atomic mass is 16.6. The third-order valence-corrected chi connectivity index (χ3v) is 3.44. The molecule has 104 valence electrons. The van der Waals surface area contributed by atoms with Crippen molar-refractivity contribution in [2.24, 2.45) is 5.16 Å². The van der Waals surface area contributed by atoms with Gasteiger partial charge in [-0.25, -0.2) is 4.98 Å². The summed E-state index contributed by atoms with van der Waals surface area (Å²) in [6, 6.07) is 11.3. The monoisotopic (exact) mass is 278 g/mol. The topological polar surface area (TPSA) is 86.5 Å². The highest BCUT2D eigenvalue weighted by Gasteiger charge is 2.25. The summed E-state index contributed by atoms with van der Waals surface area (Å²) in [6.07, 6.45) is 1.24. The van der Waals surface area contributed by atoms with E-state index >= 15 is 0 Å². The van der Waals surface area contributed by atoms with Crippen LogP contribution in [-0.4, -0.2) is 18.5 Å². The Balaban J connectivity index is 1.68. The van der Waals surface area contributed by atoms with Crippen LogP contribution in [0.5, 0.6) is 0 Å². The van der Waals surface area contributed by atoms with Crippen molar-refractivity contribution >= 4 is 30.7 Å². The van der Waals surface area contributed by atoms with Crippen molar-refractivity contribution in [3.8, 4) is 0 Å². The zero-order chi connectivity index (χ0) is 14.8. The Bertz CT molecular complexity index is 685. The molecule has 0 aliphatic carbocycles. The first kappa shape index (κ1) is 13.5. The van der Waals surface area contributed by atoms with E-state index in [2.05, 4.69) is 10.1 Å². The molecule has 0 saturated heterocycles. The lowest BCUT2D eigenvalue weighted by molar-refractivity contribution is 0.0860. The van der Waals surface area contributed by atoms with Crippen LogP contribution >= 0.6 is 0 Å². The molecule has 0 fully saturated rings. The molecule has 1 aliphatic heterocycles. The van der Waals surface area contributed by atoms with Crippen molar-refractivity contribution in [3.63, 3.8) is 0 Å². The summed E-state index contributed by atoms with van der Waals surface area (Å²) in [4.78, 5) is 9.52. The lowest BCUT2D eigenvalue weighted by Gasteiger charge is -2.10. The van der Waals surface area contributed by atoms with Crippen molar-refractivity contribution in [2.75, 3.05) is 11.5 Å². The third kappa shape index (κ3) is 2.99. The molecule has 21 heavy (non-hydrogen) atoms. The summed E-state index contributed by atoms with van der Waals surface area (Å²) in [5, 5.41) is 4.15. The molecule has 1 aromatic heterocycles. The Hall–Kier alpha value is -2.50. The molecular formula is C15H15BN4O. The molecule has 0 saturated carbocycles. The summed E-state index contributed by atoms with van der Waals surface area (Å²) in [6.45, 7) is 0. The second kappa shape index (κ2) is 5.48. The number of nitrogens with zero attached hydrogens (tertiary/aromatic N) is 2. The van der Waals surface area contributed by atoms with Gasteiger partial charge in [-0.05, 0) is 17.7 Å². The van der Waals surface area contributed by atoms with Crippen molar-refractivity contribution in [1.82, 2.24) is 4.98 Å². The average molecular weight is 278 g/mol. The van der Waals surface area contributed by atoms with Crippen LogP contribution < -0.4 is 16.9 Å². The molecule has 1 aliphatic rings. The first-order valence-corrected chi connectivity index (χ1v) is 6.69. The number of nitrogens with two attached hydrogens (primary N) is 2. The Morgan fingerprint density at radius 2 is 1.90 bits per heavy atom. The van der Waals surface area contributed by atoms with Gasteiger partial charge in [-0.15, -0.1) is 0 Å². The molecular weight excluding hydrogens is 263 g/mol. The fourth-order valence-corrected chi connectivity index (χ4v) is 2.34. The summed E-state index contributed by atoms with van der Waals surface area (Å²) in [5.41, 5.74) is 15.2. The fourth-order valence-electron chi connectivity index (χ4n) is 2.34. The molecule has 2 heterocycles. The van der Waals surface area contributed by atoms with E-state index in [9.17, 15) is 0 Å². The maximum Gasteiger partial charge on any atom is 0.161 e. The number of benzene rings is 1. The molecule has 2 radical (unpaired) electrons. The summed E-state index contributed by atoms with van der Waals surface area (Å²) in [5.74, 6) is 0.793. The van der Waals surface area contributed by atoms with E-state index in [4.69, 9.17) is 24.2 Å². The van der Waals surface area contributed by atoms with Crippen molar-refractivity contribution in [1.29, 1.82) is 0 Å². The van der Waals surface area contributed by atoms with Gasteiger partial charge in [0.05, 0.1) is 5.71 Å². The van der Waals surface area contributed by atoms with Crippen LogP contribution in [0.2, 0.25) is 0 Å². The van der Waals surface area contributed by atoms with Crippen LogP contribution in [-0.2, 0) is 11.3 Å². The predicted octanol–water partition coefficient (Wildman–Crippen LogP) is 1.10. The largest absolute Gasteiger partial charge is 0.387 e. The van der Waals surface area contributed by atoms with Gasteiger partial charge in [-0.2, -0.15) is 0 Å². The lowest BCUT2D eigenvalue weighted by Crippen LogP contribution is -2.08. The van der Waals surface area contributed by atoms with E-state index in [-0.39, 0.29) is 6.10 Å². The van der Waals surface area contributed by atoms with Crippen LogP contribution in [0.15, 0.2) is 41.6 Å². The molecule has 2 aromatic rings. The third-order valence-electron chi connectivity index (χ3n) is 3.44. The number of nitrogen functional groups attached to an aromatic ring is 2. The number of rotatable bonds is 3. The lowest BCUT2D eigenvalue weighted by atomic mass is 9.93. The predicted molar refractivity (Wildman–Crippen MR) is 84.5 cm³/mol. The van der Waals surface area contributed by atoms with E-state index in [1.807, 2.05) is 30.3 Å². The minimum Gasteiger partial charge on any atom is -0.387 e. The fraction of sp³-hybridized carbons (Fsp3) is 0.200. The minimum absolute atomic E-state index is 0.193. The molecule has 4 N–H and O–H groups in total. The first-order chi connectivity index (χ1) is 10.1. The van der Waals surface area contributed by atoms with E-state index in [1.54, 1.807) is 6.07 Å². The van der Waals surface area contributed by atoms with Crippen molar-refractivity contribution < 1.29 is 4.84 Å². The van der Waals surface area contributed by atoms with Crippen LogP contribution in [0.25, 0.3) is 0 Å². The normalized spacial score (nSPS) is 17.3. The van der Waals surface area contributed by atoms with E-state index in [1.165, 1.54) is 0 Å². The molecule has 1 aromatic carbocycles. The number of hydrogen-bond acceptors (Lipinski definition) is 5. The van der Waals surface area contributed by atoms with Gasteiger partial charge >= 0.3 is 0 Å². The molecule has 0 spiro atoms.